The number of hydrogen-bond acceptors (Lipinski definition) is 2. The van der Waals surface area contributed by atoms with Gasteiger partial charge < -0.3 is 10.6 Å². The second-order valence-corrected chi connectivity index (χ2v) is 3.09. The minimum absolute atomic E-state index is 0.0106. The second-order valence-electron chi connectivity index (χ2n) is 3.09. The van der Waals surface area contributed by atoms with Crippen LogP contribution in [0.2, 0.25) is 0 Å². The van der Waals surface area contributed by atoms with Gasteiger partial charge in [-0.1, -0.05) is 26.0 Å². The minimum Gasteiger partial charge on any atom is -0.352 e. The zero-order valence-electron chi connectivity index (χ0n) is 10.6. The van der Waals surface area contributed by atoms with Crippen molar-refractivity contribution in [2.45, 2.75) is 27.3 Å². The Labute approximate surface area is 98.3 Å². The summed E-state index contributed by atoms with van der Waals surface area (Å²) < 4.78 is 0. The fraction of sp³-hybridized carbons (Fsp3) is 0.462. The van der Waals surface area contributed by atoms with E-state index in [0.717, 1.165) is 6.54 Å². The topological polar surface area (TPSA) is 41.1 Å². The summed E-state index contributed by atoms with van der Waals surface area (Å²) in [5, 5.41) is 5.82. The molecule has 0 saturated carbocycles. The highest BCUT2D eigenvalue weighted by atomic mass is 16.1. The van der Waals surface area contributed by atoms with E-state index in [2.05, 4.69) is 10.6 Å². The van der Waals surface area contributed by atoms with Crippen molar-refractivity contribution in [2.75, 3.05) is 13.6 Å². The molecule has 0 bridgehead atoms. The molecule has 0 aromatic heterocycles. The molecule has 0 spiro atoms. The summed E-state index contributed by atoms with van der Waals surface area (Å²) in [6.45, 7) is 7.40. The van der Waals surface area contributed by atoms with Gasteiger partial charge in [0.15, 0.2) is 0 Å². The average molecular weight is 222 g/mol. The summed E-state index contributed by atoms with van der Waals surface area (Å²) in [7, 11) is 1.90. The molecule has 2 N–H and O–H groups in total. The van der Waals surface area contributed by atoms with E-state index >= 15 is 0 Å². The summed E-state index contributed by atoms with van der Waals surface area (Å²) in [6.07, 6.45) is 0. The van der Waals surface area contributed by atoms with Crippen LogP contribution in [0, 0.1) is 0 Å². The molecule has 0 fully saturated rings. The third-order valence-corrected chi connectivity index (χ3v) is 1.93. The van der Waals surface area contributed by atoms with Crippen molar-refractivity contribution in [1.82, 2.24) is 10.6 Å². The van der Waals surface area contributed by atoms with E-state index in [1.807, 2.05) is 52.1 Å². The molecular formula is C13H22N2O. The van der Waals surface area contributed by atoms with Gasteiger partial charge in [-0.25, -0.2) is 0 Å². The van der Waals surface area contributed by atoms with Gasteiger partial charge in [0.25, 0.3) is 5.91 Å². The van der Waals surface area contributed by atoms with Gasteiger partial charge in [-0.3, -0.25) is 4.79 Å². The monoisotopic (exact) mass is 222 g/mol. The van der Waals surface area contributed by atoms with Crippen LogP contribution in [0.3, 0.4) is 0 Å². The average Bonchev–Trinajstić information content (AvgIpc) is 2.33. The van der Waals surface area contributed by atoms with E-state index in [1.165, 1.54) is 5.56 Å². The highest BCUT2D eigenvalue weighted by Crippen LogP contribution is 2.03. The van der Waals surface area contributed by atoms with Crippen LogP contribution < -0.4 is 10.6 Å². The number of carbonyl (C=O) groups is 1. The fourth-order valence-electron chi connectivity index (χ4n) is 1.24. The number of carbonyl (C=O) groups excluding carboxylic acids is 1. The van der Waals surface area contributed by atoms with E-state index in [4.69, 9.17) is 0 Å². The lowest BCUT2D eigenvalue weighted by Gasteiger charge is -2.03. The van der Waals surface area contributed by atoms with E-state index in [1.54, 1.807) is 0 Å². The normalized spacial score (nSPS) is 9.00. The maximum Gasteiger partial charge on any atom is 0.251 e. The van der Waals surface area contributed by atoms with Crippen LogP contribution in [-0.4, -0.2) is 19.5 Å². The molecule has 1 amide bonds. The molecule has 1 aromatic carbocycles. The molecule has 90 valence electrons. The molecule has 1 rings (SSSR count). The number of rotatable bonds is 4. The quantitative estimate of drug-likeness (QED) is 0.820. The molecule has 16 heavy (non-hydrogen) atoms. The van der Waals surface area contributed by atoms with E-state index in [0.29, 0.717) is 12.1 Å². The predicted octanol–water partition coefficient (Wildman–Crippen LogP) is 2.18. The Morgan fingerprint density at radius 2 is 1.75 bits per heavy atom. The van der Waals surface area contributed by atoms with Crippen molar-refractivity contribution in [2.24, 2.45) is 0 Å². The van der Waals surface area contributed by atoms with Crippen molar-refractivity contribution >= 4 is 5.91 Å². The molecule has 0 heterocycles. The molecule has 3 nitrogen and oxygen atoms in total. The van der Waals surface area contributed by atoms with Crippen molar-refractivity contribution in [1.29, 1.82) is 0 Å². The van der Waals surface area contributed by atoms with Gasteiger partial charge in [-0.15, -0.1) is 0 Å². The Morgan fingerprint density at radius 1 is 1.19 bits per heavy atom. The Bertz CT molecular complexity index is 293. The SMILES string of the molecule is CC.CCNC(=O)c1ccc(CNC)cc1. The van der Waals surface area contributed by atoms with Gasteiger partial charge >= 0.3 is 0 Å². The van der Waals surface area contributed by atoms with Crippen LogP contribution in [-0.2, 0) is 6.54 Å². The summed E-state index contributed by atoms with van der Waals surface area (Å²) >= 11 is 0. The van der Waals surface area contributed by atoms with Crippen LogP contribution in [0.5, 0.6) is 0 Å². The lowest BCUT2D eigenvalue weighted by Crippen LogP contribution is -2.22. The summed E-state index contributed by atoms with van der Waals surface area (Å²) in [5.41, 5.74) is 1.90. The smallest absolute Gasteiger partial charge is 0.251 e. The third-order valence-electron chi connectivity index (χ3n) is 1.93. The molecule has 0 saturated heterocycles. The molecular weight excluding hydrogens is 200 g/mol. The maximum absolute atomic E-state index is 11.4. The zero-order valence-corrected chi connectivity index (χ0v) is 10.6. The zero-order chi connectivity index (χ0) is 12.4. The van der Waals surface area contributed by atoms with Gasteiger partial charge in [0.2, 0.25) is 0 Å². The highest BCUT2D eigenvalue weighted by molar-refractivity contribution is 5.94. The van der Waals surface area contributed by atoms with Crippen molar-refractivity contribution in [3.63, 3.8) is 0 Å². The van der Waals surface area contributed by atoms with Gasteiger partial charge in [0, 0.05) is 18.7 Å². The van der Waals surface area contributed by atoms with Crippen LogP contribution in [0.4, 0.5) is 0 Å². The summed E-state index contributed by atoms with van der Waals surface area (Å²) in [5.74, 6) is -0.0106. The van der Waals surface area contributed by atoms with Crippen LogP contribution in [0.15, 0.2) is 24.3 Å². The van der Waals surface area contributed by atoms with Crippen molar-refractivity contribution < 1.29 is 4.79 Å². The first-order chi connectivity index (χ1) is 7.77. The Hall–Kier alpha value is -1.35. The van der Waals surface area contributed by atoms with Crippen LogP contribution in [0.1, 0.15) is 36.7 Å². The molecule has 1 aromatic rings. The Morgan fingerprint density at radius 3 is 2.19 bits per heavy atom. The first-order valence-corrected chi connectivity index (χ1v) is 5.79. The molecule has 3 heteroatoms. The Balaban J connectivity index is 0.00000106. The lowest BCUT2D eigenvalue weighted by atomic mass is 10.1. The fourth-order valence-corrected chi connectivity index (χ4v) is 1.24. The van der Waals surface area contributed by atoms with Crippen molar-refractivity contribution in [3.05, 3.63) is 35.4 Å². The van der Waals surface area contributed by atoms with E-state index in [-0.39, 0.29) is 5.91 Å². The first-order valence-electron chi connectivity index (χ1n) is 5.79. The highest BCUT2D eigenvalue weighted by Gasteiger charge is 2.02. The molecule has 0 aliphatic rings. The van der Waals surface area contributed by atoms with Gasteiger partial charge in [0.1, 0.15) is 0 Å². The summed E-state index contributed by atoms with van der Waals surface area (Å²) in [4.78, 5) is 11.4. The molecule has 0 aliphatic heterocycles. The van der Waals surface area contributed by atoms with Gasteiger partial charge in [0.05, 0.1) is 0 Å². The number of benzene rings is 1. The number of amides is 1. The minimum atomic E-state index is -0.0106. The largest absolute Gasteiger partial charge is 0.352 e. The molecule has 0 atom stereocenters. The van der Waals surface area contributed by atoms with Gasteiger partial charge in [-0.05, 0) is 31.7 Å². The summed E-state index contributed by atoms with van der Waals surface area (Å²) in [6, 6.07) is 7.61. The van der Waals surface area contributed by atoms with Gasteiger partial charge in [-0.2, -0.15) is 0 Å². The third kappa shape index (κ3) is 4.94. The van der Waals surface area contributed by atoms with E-state index < -0.39 is 0 Å². The number of hydrogen-bond donors (Lipinski definition) is 2. The standard InChI is InChI=1S/C11H16N2O.C2H6/c1-3-13-11(14)10-6-4-9(5-7-10)8-12-2;1-2/h4-7,12H,3,8H2,1-2H3,(H,13,14);1-2H3. The molecule has 0 unspecified atom stereocenters. The molecule has 0 aliphatic carbocycles. The predicted molar refractivity (Wildman–Crippen MR) is 68.6 cm³/mol. The lowest BCUT2D eigenvalue weighted by molar-refractivity contribution is 0.0956. The van der Waals surface area contributed by atoms with Crippen LogP contribution in [0.25, 0.3) is 0 Å². The Kier molecular flexibility index (Phi) is 8.17. The van der Waals surface area contributed by atoms with E-state index in [9.17, 15) is 4.79 Å². The first kappa shape index (κ1) is 14.6. The maximum atomic E-state index is 11.4. The second kappa shape index (κ2) is 8.92. The molecule has 0 radical (unpaired) electrons. The number of nitrogens with one attached hydrogen (secondary N) is 2. The van der Waals surface area contributed by atoms with Crippen molar-refractivity contribution in [3.8, 4) is 0 Å². The van der Waals surface area contributed by atoms with Crippen LogP contribution >= 0.6 is 0 Å².